The fourth-order valence-electron chi connectivity index (χ4n) is 6.99. The first-order valence-electron chi connectivity index (χ1n) is 16.0. The van der Waals surface area contributed by atoms with Crippen molar-refractivity contribution in [2.45, 2.75) is 45.7 Å². The van der Waals surface area contributed by atoms with Gasteiger partial charge >= 0.3 is 0 Å². The lowest BCUT2D eigenvalue weighted by Crippen LogP contribution is -2.54. The van der Waals surface area contributed by atoms with E-state index in [1.54, 1.807) is 30.1 Å². The molecule has 9 heteroatoms. The third-order valence-electron chi connectivity index (χ3n) is 10.0. The second-order valence-corrected chi connectivity index (χ2v) is 12.8. The van der Waals surface area contributed by atoms with E-state index in [0.717, 1.165) is 61.8 Å². The van der Waals surface area contributed by atoms with Crippen molar-refractivity contribution in [3.8, 4) is 0 Å². The number of piperidine rings is 1. The molecule has 9 nitrogen and oxygen atoms in total. The van der Waals surface area contributed by atoms with Gasteiger partial charge in [-0.05, 0) is 89.2 Å². The smallest absolute Gasteiger partial charge is 0.256 e. The van der Waals surface area contributed by atoms with Gasteiger partial charge in [-0.3, -0.25) is 19.3 Å². The number of likely N-dealkylation sites (tertiary alicyclic amines) is 1. The van der Waals surface area contributed by atoms with Gasteiger partial charge in [-0.25, -0.2) is 0 Å². The summed E-state index contributed by atoms with van der Waals surface area (Å²) in [5.41, 5.74) is 6.39. The summed E-state index contributed by atoms with van der Waals surface area (Å²) in [4.78, 5) is 52.4. The Labute approximate surface area is 265 Å². The predicted molar refractivity (Wildman–Crippen MR) is 178 cm³/mol. The number of carbonyl (C=O) groups excluding carboxylic acids is 3. The average molecular weight is 609 g/mol. The zero-order valence-electron chi connectivity index (χ0n) is 27.0. The number of aryl methyl sites for hydroxylation is 1. The van der Waals surface area contributed by atoms with E-state index in [0.29, 0.717) is 34.0 Å². The van der Waals surface area contributed by atoms with Gasteiger partial charge in [-0.15, -0.1) is 0 Å². The fraction of sp³-hybridized carbons (Fsp3) is 0.417. The summed E-state index contributed by atoms with van der Waals surface area (Å²) < 4.78 is 0. The van der Waals surface area contributed by atoms with Gasteiger partial charge in [0.15, 0.2) is 0 Å². The lowest BCUT2D eigenvalue weighted by molar-refractivity contribution is -0.110. The van der Waals surface area contributed by atoms with E-state index in [9.17, 15) is 14.4 Å². The van der Waals surface area contributed by atoms with Gasteiger partial charge in [-0.2, -0.15) is 0 Å². The van der Waals surface area contributed by atoms with E-state index in [2.05, 4.69) is 27.1 Å². The number of aromatic amines is 1. The van der Waals surface area contributed by atoms with E-state index < -0.39 is 0 Å². The number of aromatic nitrogens is 1. The van der Waals surface area contributed by atoms with Crippen LogP contribution < -0.4 is 5.32 Å². The number of piperazine rings is 1. The van der Waals surface area contributed by atoms with Gasteiger partial charge in [-0.1, -0.05) is 30.3 Å². The molecule has 0 radical (unpaired) electrons. The fourth-order valence-corrected chi connectivity index (χ4v) is 6.99. The molecule has 3 aliphatic rings. The number of carbonyl (C=O) groups is 3. The molecule has 3 aliphatic heterocycles. The van der Waals surface area contributed by atoms with Crippen LogP contribution in [-0.2, 0) is 4.79 Å². The minimum atomic E-state index is -0.231. The van der Waals surface area contributed by atoms with Gasteiger partial charge in [0.2, 0.25) is 0 Å². The van der Waals surface area contributed by atoms with Gasteiger partial charge < -0.3 is 25.0 Å². The van der Waals surface area contributed by atoms with Crippen molar-refractivity contribution in [3.63, 3.8) is 0 Å². The summed E-state index contributed by atoms with van der Waals surface area (Å²) in [5.74, 6) is -0.317. The molecular weight excluding hydrogens is 564 g/mol. The minimum Gasteiger partial charge on any atom is -0.358 e. The van der Waals surface area contributed by atoms with Gasteiger partial charge in [0.25, 0.3) is 17.7 Å². The van der Waals surface area contributed by atoms with Gasteiger partial charge in [0.05, 0.1) is 17.2 Å². The van der Waals surface area contributed by atoms with Crippen LogP contribution in [-0.4, -0.2) is 102 Å². The quantitative estimate of drug-likeness (QED) is 0.392. The zero-order chi connectivity index (χ0) is 31.8. The first kappa shape index (κ1) is 30.8. The largest absolute Gasteiger partial charge is 0.358 e. The second kappa shape index (κ2) is 12.7. The van der Waals surface area contributed by atoms with Crippen LogP contribution in [0.4, 0.5) is 5.69 Å². The number of hydrogen-bond acceptors (Lipinski definition) is 5. The number of rotatable bonds is 6. The predicted octanol–water partition coefficient (Wildman–Crippen LogP) is 4.81. The number of anilines is 1. The molecule has 236 valence electrons. The molecule has 1 aromatic heterocycles. The SMILES string of the molecule is Cc1[nH]c(/C=C2\C(=O)Nc3ccc(C(=O)N(C)[C@H](C)c4ccccc4)cc32)c(C)c1C(=O)N1CCN(C2CCN(C)CC2)CC1. The Balaban J connectivity index is 1.19. The highest BCUT2D eigenvalue weighted by Gasteiger charge is 2.31. The monoisotopic (exact) mass is 608 g/mol. The van der Waals surface area contributed by atoms with Crippen molar-refractivity contribution in [3.05, 3.63) is 87.7 Å². The lowest BCUT2D eigenvalue weighted by atomic mass is 10.00. The summed E-state index contributed by atoms with van der Waals surface area (Å²) in [5, 5.41) is 2.93. The molecule has 0 saturated carbocycles. The number of H-pyrrole nitrogens is 1. The molecule has 0 spiro atoms. The van der Waals surface area contributed by atoms with Crippen LogP contribution in [0.15, 0.2) is 48.5 Å². The Morgan fingerprint density at radius 3 is 2.36 bits per heavy atom. The van der Waals surface area contributed by atoms with Crippen LogP contribution in [0.2, 0.25) is 0 Å². The first-order chi connectivity index (χ1) is 21.6. The third kappa shape index (κ3) is 6.07. The van der Waals surface area contributed by atoms with Crippen molar-refractivity contribution in [2.24, 2.45) is 0 Å². The van der Waals surface area contributed by atoms with Gasteiger partial charge in [0.1, 0.15) is 0 Å². The normalized spacial score (nSPS) is 19.4. The molecule has 6 rings (SSSR count). The maximum atomic E-state index is 13.8. The Bertz CT molecular complexity index is 1630. The molecule has 1 atom stereocenters. The maximum absolute atomic E-state index is 13.8. The average Bonchev–Trinajstić information content (AvgIpc) is 3.53. The van der Waals surface area contributed by atoms with Crippen LogP contribution in [0.1, 0.15) is 74.6 Å². The molecule has 2 saturated heterocycles. The number of hydrogen-bond donors (Lipinski definition) is 2. The number of nitrogens with one attached hydrogen (secondary N) is 2. The van der Waals surface area contributed by atoms with E-state index in [-0.39, 0.29) is 23.8 Å². The van der Waals surface area contributed by atoms with Crippen LogP contribution in [0.5, 0.6) is 0 Å². The molecule has 2 aromatic carbocycles. The van der Waals surface area contributed by atoms with E-state index in [1.165, 1.54) is 12.8 Å². The summed E-state index contributed by atoms with van der Waals surface area (Å²) in [6.07, 6.45) is 4.19. The zero-order valence-corrected chi connectivity index (χ0v) is 27.0. The molecule has 45 heavy (non-hydrogen) atoms. The Morgan fingerprint density at radius 2 is 1.67 bits per heavy atom. The lowest BCUT2D eigenvalue weighted by Gasteiger charge is -2.42. The molecule has 2 N–H and O–H groups in total. The summed E-state index contributed by atoms with van der Waals surface area (Å²) in [6, 6.07) is 15.7. The molecule has 0 unspecified atom stereocenters. The molecule has 3 aromatic rings. The van der Waals surface area contributed by atoms with Crippen LogP contribution in [0, 0.1) is 13.8 Å². The Hall–Kier alpha value is -4.21. The Morgan fingerprint density at radius 1 is 0.978 bits per heavy atom. The van der Waals surface area contributed by atoms with E-state index >= 15 is 0 Å². The maximum Gasteiger partial charge on any atom is 0.256 e. The Kier molecular flexibility index (Phi) is 8.66. The van der Waals surface area contributed by atoms with Crippen molar-refractivity contribution in [1.82, 2.24) is 24.6 Å². The topological polar surface area (TPSA) is 92.0 Å². The molecular formula is C36H44N6O3. The number of benzene rings is 2. The van der Waals surface area contributed by atoms with Crippen molar-refractivity contribution >= 4 is 35.1 Å². The number of fused-ring (bicyclic) bond motifs is 1. The van der Waals surface area contributed by atoms with Crippen molar-refractivity contribution in [2.75, 3.05) is 58.7 Å². The van der Waals surface area contributed by atoms with Crippen molar-refractivity contribution < 1.29 is 14.4 Å². The van der Waals surface area contributed by atoms with Crippen LogP contribution >= 0.6 is 0 Å². The summed E-state index contributed by atoms with van der Waals surface area (Å²) in [7, 11) is 3.98. The van der Waals surface area contributed by atoms with Crippen molar-refractivity contribution in [1.29, 1.82) is 0 Å². The highest BCUT2D eigenvalue weighted by molar-refractivity contribution is 6.35. The van der Waals surface area contributed by atoms with Gasteiger partial charge in [0, 0.05) is 67.5 Å². The highest BCUT2D eigenvalue weighted by atomic mass is 16.2. The second-order valence-electron chi connectivity index (χ2n) is 12.8. The summed E-state index contributed by atoms with van der Waals surface area (Å²) >= 11 is 0. The molecule has 0 aliphatic carbocycles. The number of amides is 3. The molecule has 2 fully saturated rings. The number of nitrogens with zero attached hydrogens (tertiary/aromatic N) is 4. The molecule has 4 heterocycles. The van der Waals surface area contributed by atoms with Crippen LogP contribution in [0.3, 0.4) is 0 Å². The van der Waals surface area contributed by atoms with E-state index in [4.69, 9.17) is 0 Å². The molecule has 0 bridgehead atoms. The summed E-state index contributed by atoms with van der Waals surface area (Å²) in [6.45, 7) is 11.4. The highest BCUT2D eigenvalue weighted by Crippen LogP contribution is 2.35. The standard InChI is InChI=1S/C36H44N6O3/c1-23-32(37-24(2)33(23)36(45)42-19-17-41(18-20-42)28-13-15-39(4)16-14-28)22-30-29-21-27(11-12-31(29)38-34(30)43)35(44)40(5)25(3)26-9-7-6-8-10-26/h6-12,21-22,25,28,37H,13-20H2,1-5H3,(H,38,43)/b30-22-/t25-/m1/s1. The van der Waals surface area contributed by atoms with Crippen LogP contribution in [0.25, 0.3) is 11.6 Å². The first-order valence-corrected chi connectivity index (χ1v) is 16.0. The minimum absolute atomic E-state index is 0.0358. The molecule has 3 amide bonds. The van der Waals surface area contributed by atoms with E-state index in [1.807, 2.05) is 62.1 Å². The third-order valence-corrected chi connectivity index (χ3v) is 10.0.